The van der Waals surface area contributed by atoms with E-state index in [2.05, 4.69) is 6.92 Å². The van der Waals surface area contributed by atoms with Crippen LogP contribution in [0.4, 0.5) is 0 Å². The van der Waals surface area contributed by atoms with Gasteiger partial charge >= 0.3 is 0 Å². The number of aryl methyl sites for hydroxylation is 1. The highest BCUT2D eigenvalue weighted by atomic mass is 14.2. The van der Waals surface area contributed by atoms with Crippen molar-refractivity contribution in [1.82, 2.24) is 0 Å². The molecule has 0 N–H and O–H groups in total. The van der Waals surface area contributed by atoms with Crippen LogP contribution in [0.5, 0.6) is 0 Å². The summed E-state index contributed by atoms with van der Waals surface area (Å²) in [5.41, 5.74) is 0.772. The van der Waals surface area contributed by atoms with Crippen molar-refractivity contribution in [2.75, 3.05) is 0 Å². The van der Waals surface area contributed by atoms with Crippen molar-refractivity contribution in [1.29, 1.82) is 0 Å². The Balaban J connectivity index is 1.95. The summed E-state index contributed by atoms with van der Waals surface area (Å²) in [6.07, 6.45) is 8.34. The van der Waals surface area contributed by atoms with Gasteiger partial charge in [-0.2, -0.15) is 0 Å². The number of rotatable bonds is 4. The molecule has 0 amide bonds. The van der Waals surface area contributed by atoms with Gasteiger partial charge in [0, 0.05) is 0 Å². The molecular formula is C16H24. The van der Waals surface area contributed by atoms with E-state index >= 15 is 0 Å². The first-order valence-corrected chi connectivity index (χ1v) is 6.59. The lowest BCUT2D eigenvalue weighted by Crippen LogP contribution is -2.14. The van der Waals surface area contributed by atoms with Gasteiger partial charge in [-0.05, 0) is 30.2 Å². The maximum absolute atomic E-state index is 7.92. The van der Waals surface area contributed by atoms with E-state index in [1.165, 1.54) is 32.1 Å². The lowest BCUT2D eigenvalue weighted by Gasteiger charge is -2.27. The van der Waals surface area contributed by atoms with Crippen LogP contribution in [0.1, 0.15) is 56.5 Å². The predicted octanol–water partition coefficient (Wildman–Crippen LogP) is 4.84. The van der Waals surface area contributed by atoms with Gasteiger partial charge in [0.25, 0.3) is 0 Å². The first-order valence-electron chi connectivity index (χ1n) is 8.59. The third-order valence-corrected chi connectivity index (χ3v) is 3.97. The number of hydrogen-bond donors (Lipinski definition) is 0. The maximum atomic E-state index is 7.92. The van der Waals surface area contributed by atoms with E-state index in [-0.39, 0.29) is 24.2 Å². The number of benzene rings is 1. The lowest BCUT2D eigenvalue weighted by molar-refractivity contribution is 0.259. The van der Waals surface area contributed by atoms with E-state index in [4.69, 9.17) is 5.48 Å². The Morgan fingerprint density at radius 2 is 1.88 bits per heavy atom. The first-order chi connectivity index (χ1) is 9.52. The van der Waals surface area contributed by atoms with E-state index in [1.54, 1.807) is 6.07 Å². The minimum absolute atomic E-state index is 0.0793. The fraction of sp³-hybridized carbons (Fsp3) is 0.625. The summed E-state index contributed by atoms with van der Waals surface area (Å²) in [6, 6.07) is 1.62. The molecule has 16 heavy (non-hydrogen) atoms. The van der Waals surface area contributed by atoms with Gasteiger partial charge in [-0.3, -0.25) is 0 Å². The van der Waals surface area contributed by atoms with Crippen LogP contribution < -0.4 is 0 Å². The van der Waals surface area contributed by atoms with Crippen molar-refractivity contribution in [3.05, 3.63) is 35.8 Å². The fourth-order valence-electron chi connectivity index (χ4n) is 2.73. The second kappa shape index (κ2) is 6.08. The molecule has 0 bridgehead atoms. The van der Waals surface area contributed by atoms with Crippen molar-refractivity contribution in [2.45, 2.75) is 51.9 Å². The highest BCUT2D eigenvalue weighted by Gasteiger charge is 2.19. The molecule has 2 rings (SSSR count). The first kappa shape index (κ1) is 7.53. The lowest BCUT2D eigenvalue weighted by atomic mass is 9.78. The smallest absolute Gasteiger partial charge is 0.0626 e. The van der Waals surface area contributed by atoms with E-state index < -0.39 is 0 Å². The average Bonchev–Trinajstić information content (AvgIpc) is 2.48. The molecule has 0 aromatic heterocycles. The molecule has 1 fully saturated rings. The molecule has 0 atom stereocenters. The molecule has 1 saturated carbocycles. The van der Waals surface area contributed by atoms with Gasteiger partial charge in [-0.15, -0.1) is 0 Å². The van der Waals surface area contributed by atoms with Crippen LogP contribution in [0.3, 0.4) is 0 Å². The predicted molar refractivity (Wildman–Crippen MR) is 70.5 cm³/mol. The second-order valence-corrected chi connectivity index (χ2v) is 5.02. The monoisotopic (exact) mass is 220 g/mol. The van der Waals surface area contributed by atoms with Crippen LogP contribution in [0, 0.1) is 11.8 Å². The summed E-state index contributed by atoms with van der Waals surface area (Å²) >= 11 is 0. The molecule has 1 aromatic rings. The van der Waals surface area contributed by atoms with Crippen molar-refractivity contribution in [3.8, 4) is 0 Å². The van der Waals surface area contributed by atoms with Crippen molar-refractivity contribution >= 4 is 0 Å². The van der Waals surface area contributed by atoms with Gasteiger partial charge in [0.2, 0.25) is 0 Å². The van der Waals surface area contributed by atoms with Crippen LogP contribution in [0.15, 0.2) is 30.2 Å². The fourth-order valence-corrected chi connectivity index (χ4v) is 2.73. The van der Waals surface area contributed by atoms with Crippen LogP contribution in [-0.4, -0.2) is 0 Å². The second-order valence-electron chi connectivity index (χ2n) is 5.02. The third-order valence-electron chi connectivity index (χ3n) is 3.97. The van der Waals surface area contributed by atoms with Gasteiger partial charge in [-0.25, -0.2) is 0 Å². The zero-order valence-corrected chi connectivity index (χ0v) is 10.2. The van der Waals surface area contributed by atoms with Crippen LogP contribution in [-0.2, 0) is 6.42 Å². The average molecular weight is 220 g/mol. The molecule has 1 aliphatic rings. The maximum Gasteiger partial charge on any atom is 0.0626 e. The van der Waals surface area contributed by atoms with Crippen molar-refractivity contribution in [3.63, 3.8) is 0 Å². The molecule has 0 heteroatoms. The number of hydrogen-bond acceptors (Lipinski definition) is 0. The Morgan fingerprint density at radius 1 is 1.12 bits per heavy atom. The Hall–Kier alpha value is -0.780. The molecule has 0 heterocycles. The van der Waals surface area contributed by atoms with Gasteiger partial charge in [-0.1, -0.05) is 69.3 Å². The van der Waals surface area contributed by atoms with Crippen LogP contribution >= 0.6 is 0 Å². The molecule has 0 spiro atoms. The molecule has 0 saturated heterocycles. The summed E-state index contributed by atoms with van der Waals surface area (Å²) in [7, 11) is 0. The molecule has 1 aromatic carbocycles. The summed E-state index contributed by atoms with van der Waals surface area (Å²) in [5, 5.41) is 0. The zero-order chi connectivity index (χ0) is 14.7. The highest BCUT2D eigenvalue weighted by molar-refractivity contribution is 5.14. The summed E-state index contributed by atoms with van der Waals surface area (Å²) in [4.78, 5) is 0. The van der Waals surface area contributed by atoms with E-state index in [0.29, 0.717) is 0 Å². The van der Waals surface area contributed by atoms with E-state index in [0.717, 1.165) is 30.2 Å². The molecule has 0 aliphatic heterocycles. The topological polar surface area (TPSA) is 0 Å². The minimum atomic E-state index is -0.123. The zero-order valence-electron chi connectivity index (χ0n) is 14.2. The van der Waals surface area contributed by atoms with E-state index in [1.807, 2.05) is 0 Å². The molecular weight excluding hydrogens is 192 g/mol. The SMILES string of the molecule is [2H]c1cc(CCC2CCC(CC)CC2)c([2H])c([2H])c1[2H]. The van der Waals surface area contributed by atoms with Gasteiger partial charge in [0.1, 0.15) is 0 Å². The molecule has 0 nitrogen and oxygen atoms in total. The van der Waals surface area contributed by atoms with Crippen LogP contribution in [0.25, 0.3) is 0 Å². The summed E-state index contributed by atoms with van der Waals surface area (Å²) in [5.74, 6) is 1.64. The molecule has 0 unspecified atom stereocenters. The standard InChI is InChI=1S/C16H24/c1-2-14-8-10-16(11-9-14)13-12-15-6-4-3-5-7-15/h3-7,14,16H,2,8-13H2,1H3/i3D,4D,5D,6D. The van der Waals surface area contributed by atoms with Crippen molar-refractivity contribution in [2.24, 2.45) is 11.8 Å². The summed E-state index contributed by atoms with van der Waals surface area (Å²) in [6.45, 7) is 2.27. The van der Waals surface area contributed by atoms with Gasteiger partial charge < -0.3 is 0 Å². The molecule has 1 aliphatic carbocycles. The molecule has 88 valence electrons. The Labute approximate surface area is 106 Å². The Bertz CT molecular complexity index is 462. The third kappa shape index (κ3) is 3.37. The van der Waals surface area contributed by atoms with E-state index in [9.17, 15) is 0 Å². The molecule has 0 radical (unpaired) electrons. The normalized spacial score (nSPS) is 29.1. The van der Waals surface area contributed by atoms with Gasteiger partial charge in [0.05, 0.1) is 5.48 Å². The quantitative estimate of drug-likeness (QED) is 0.681. The summed E-state index contributed by atoms with van der Waals surface area (Å²) < 4.78 is 30.9. The minimum Gasteiger partial charge on any atom is -0.0651 e. The van der Waals surface area contributed by atoms with Gasteiger partial charge in [0.15, 0.2) is 0 Å². The Morgan fingerprint density at radius 3 is 2.62 bits per heavy atom. The Kier molecular flexibility index (Phi) is 2.86. The highest BCUT2D eigenvalue weighted by Crippen LogP contribution is 2.32. The largest absolute Gasteiger partial charge is 0.0651 e. The van der Waals surface area contributed by atoms with Crippen molar-refractivity contribution < 1.29 is 5.48 Å². The van der Waals surface area contributed by atoms with Crippen LogP contribution in [0.2, 0.25) is 0 Å².